The molecule has 6 heteroatoms. The van der Waals surface area contributed by atoms with Gasteiger partial charge in [0.2, 0.25) is 5.91 Å². The Morgan fingerprint density at radius 1 is 1.22 bits per heavy atom. The van der Waals surface area contributed by atoms with Gasteiger partial charge in [-0.1, -0.05) is 0 Å². The average Bonchev–Trinajstić information content (AvgIpc) is 2.21. The van der Waals surface area contributed by atoms with Gasteiger partial charge < -0.3 is 5.32 Å². The molecule has 0 fully saturated rings. The van der Waals surface area contributed by atoms with E-state index in [4.69, 9.17) is 11.6 Å². The lowest BCUT2D eigenvalue weighted by molar-refractivity contribution is -0.122. The van der Waals surface area contributed by atoms with Crippen LogP contribution in [0.4, 0.5) is 13.2 Å². The minimum Gasteiger partial charge on any atom is -0.350 e. The fourth-order valence-corrected chi connectivity index (χ4v) is 1.49. The zero-order valence-corrected chi connectivity index (χ0v) is 10.9. The number of rotatable bonds is 2. The van der Waals surface area contributed by atoms with Gasteiger partial charge in [-0.05, 0) is 38.5 Å². The first kappa shape index (κ1) is 14.8. The Balaban J connectivity index is 2.97. The van der Waals surface area contributed by atoms with Crippen LogP contribution in [-0.2, 0) is 4.79 Å². The topological polar surface area (TPSA) is 29.1 Å². The van der Waals surface area contributed by atoms with E-state index in [9.17, 15) is 18.0 Å². The molecule has 0 aliphatic heterocycles. The van der Waals surface area contributed by atoms with Crippen LogP contribution in [-0.4, -0.2) is 11.4 Å². The maximum Gasteiger partial charge on any atom is 0.243 e. The highest BCUT2D eigenvalue weighted by atomic mass is 35.5. The molecule has 18 heavy (non-hydrogen) atoms. The Bertz CT molecular complexity index is 448. The third-order valence-corrected chi connectivity index (χ3v) is 2.48. The third kappa shape index (κ3) is 3.63. The fraction of sp³-hybridized carbons (Fsp3) is 0.417. The van der Waals surface area contributed by atoms with Crippen molar-refractivity contribution in [1.82, 2.24) is 5.32 Å². The van der Waals surface area contributed by atoms with Crippen LogP contribution in [0.5, 0.6) is 0 Å². The summed E-state index contributed by atoms with van der Waals surface area (Å²) in [6, 6.07) is 1.41. The Labute approximate surface area is 108 Å². The summed E-state index contributed by atoms with van der Waals surface area (Å²) in [5.74, 6) is -4.94. The molecule has 1 rings (SSSR count). The maximum atomic E-state index is 13.0. The molecule has 0 saturated carbocycles. The van der Waals surface area contributed by atoms with E-state index in [0.717, 1.165) is 0 Å². The van der Waals surface area contributed by atoms with Gasteiger partial charge >= 0.3 is 0 Å². The predicted octanol–water partition coefficient (Wildman–Crippen LogP) is 3.30. The molecule has 0 bridgehead atoms. The van der Waals surface area contributed by atoms with E-state index in [1.165, 1.54) is 0 Å². The molecule has 0 aliphatic rings. The van der Waals surface area contributed by atoms with Crippen molar-refractivity contribution in [2.45, 2.75) is 31.7 Å². The normalized spacial score (nSPS) is 13.3. The van der Waals surface area contributed by atoms with Gasteiger partial charge in [0.25, 0.3) is 0 Å². The monoisotopic (exact) mass is 279 g/mol. The van der Waals surface area contributed by atoms with E-state index < -0.39 is 34.3 Å². The molecule has 1 N–H and O–H groups in total. The number of hydrogen-bond acceptors (Lipinski definition) is 1. The first-order chi connectivity index (χ1) is 8.11. The Hall–Kier alpha value is -1.23. The first-order valence-corrected chi connectivity index (χ1v) is 5.66. The molecule has 0 aliphatic carbocycles. The number of carbonyl (C=O) groups excluding carboxylic acids is 1. The summed E-state index contributed by atoms with van der Waals surface area (Å²) in [4.78, 5) is 11.7. The molecule has 1 unspecified atom stereocenters. The molecule has 1 amide bonds. The Kier molecular flexibility index (Phi) is 4.27. The number of alkyl halides is 1. The summed E-state index contributed by atoms with van der Waals surface area (Å²) in [5.41, 5.74) is -0.656. The minimum absolute atomic E-state index is 0.130. The second-order valence-electron chi connectivity index (χ2n) is 4.90. The molecule has 2 nitrogen and oxygen atoms in total. The van der Waals surface area contributed by atoms with Gasteiger partial charge in [-0.3, -0.25) is 4.79 Å². The zero-order valence-electron chi connectivity index (χ0n) is 10.2. The smallest absolute Gasteiger partial charge is 0.243 e. The molecule has 1 atom stereocenters. The van der Waals surface area contributed by atoms with Crippen molar-refractivity contribution < 1.29 is 18.0 Å². The van der Waals surface area contributed by atoms with E-state index in [1.807, 2.05) is 0 Å². The van der Waals surface area contributed by atoms with Crippen molar-refractivity contribution in [1.29, 1.82) is 0 Å². The maximum absolute atomic E-state index is 13.0. The summed E-state index contributed by atoms with van der Waals surface area (Å²) < 4.78 is 38.7. The Morgan fingerprint density at radius 2 is 1.67 bits per heavy atom. The van der Waals surface area contributed by atoms with E-state index in [0.29, 0.717) is 12.1 Å². The molecule has 0 saturated heterocycles. The van der Waals surface area contributed by atoms with Gasteiger partial charge in [0.05, 0.1) is 0 Å². The number of nitrogens with one attached hydrogen (secondary N) is 1. The van der Waals surface area contributed by atoms with Crippen molar-refractivity contribution in [2.75, 3.05) is 0 Å². The van der Waals surface area contributed by atoms with Gasteiger partial charge in [-0.2, -0.15) is 0 Å². The summed E-state index contributed by atoms with van der Waals surface area (Å²) in [7, 11) is 0. The number of carbonyl (C=O) groups is 1. The lowest BCUT2D eigenvalue weighted by Gasteiger charge is -2.22. The van der Waals surface area contributed by atoms with Gasteiger partial charge in [0.1, 0.15) is 5.38 Å². The molecule has 1 aromatic rings. The number of amides is 1. The Morgan fingerprint density at radius 3 is 2.06 bits per heavy atom. The number of benzene rings is 1. The largest absolute Gasteiger partial charge is 0.350 e. The van der Waals surface area contributed by atoms with Gasteiger partial charge in [0.15, 0.2) is 17.5 Å². The summed E-state index contributed by atoms with van der Waals surface area (Å²) in [6.45, 7) is 5.21. The van der Waals surface area contributed by atoms with Gasteiger partial charge in [-0.25, -0.2) is 13.2 Å². The van der Waals surface area contributed by atoms with Crippen molar-refractivity contribution >= 4 is 17.5 Å². The highest BCUT2D eigenvalue weighted by molar-refractivity contribution is 6.30. The first-order valence-electron chi connectivity index (χ1n) is 5.22. The fourth-order valence-electron chi connectivity index (χ4n) is 1.31. The predicted molar refractivity (Wildman–Crippen MR) is 62.8 cm³/mol. The SMILES string of the molecule is CC(C)(C)NC(=O)C(Cl)c1cc(F)c(F)c(F)c1. The van der Waals surface area contributed by atoms with Gasteiger partial charge in [-0.15, -0.1) is 11.6 Å². The minimum atomic E-state index is -1.58. The summed E-state index contributed by atoms with van der Waals surface area (Å²) in [5, 5.41) is 1.28. The zero-order chi connectivity index (χ0) is 14.1. The summed E-state index contributed by atoms with van der Waals surface area (Å²) >= 11 is 5.79. The second kappa shape index (κ2) is 5.18. The molecule has 0 aromatic heterocycles. The van der Waals surface area contributed by atoms with Crippen molar-refractivity contribution in [2.24, 2.45) is 0 Å². The van der Waals surface area contributed by atoms with Crippen molar-refractivity contribution in [3.8, 4) is 0 Å². The standard InChI is InChI=1S/C12H13ClF3NO/c1-12(2,3)17-11(18)9(13)6-4-7(14)10(16)8(15)5-6/h4-5,9H,1-3H3,(H,17,18). The highest BCUT2D eigenvalue weighted by Gasteiger charge is 2.24. The molecular weight excluding hydrogens is 267 g/mol. The molecule has 0 spiro atoms. The molecule has 1 aromatic carbocycles. The number of hydrogen-bond donors (Lipinski definition) is 1. The molecule has 0 radical (unpaired) electrons. The van der Waals surface area contributed by atoms with Crippen LogP contribution in [0.3, 0.4) is 0 Å². The van der Waals surface area contributed by atoms with E-state index >= 15 is 0 Å². The van der Waals surface area contributed by atoms with E-state index in [1.54, 1.807) is 20.8 Å². The lowest BCUT2D eigenvalue weighted by Crippen LogP contribution is -2.42. The third-order valence-electron chi connectivity index (χ3n) is 2.03. The average molecular weight is 280 g/mol. The van der Waals surface area contributed by atoms with Crippen LogP contribution in [0.15, 0.2) is 12.1 Å². The lowest BCUT2D eigenvalue weighted by atomic mass is 10.1. The van der Waals surface area contributed by atoms with Crippen molar-refractivity contribution in [3.05, 3.63) is 35.1 Å². The van der Waals surface area contributed by atoms with Crippen LogP contribution in [0, 0.1) is 17.5 Å². The van der Waals surface area contributed by atoms with Crippen LogP contribution >= 0.6 is 11.6 Å². The van der Waals surface area contributed by atoms with E-state index in [2.05, 4.69) is 5.32 Å². The molecule has 0 heterocycles. The highest BCUT2D eigenvalue weighted by Crippen LogP contribution is 2.25. The quantitative estimate of drug-likeness (QED) is 0.653. The second-order valence-corrected chi connectivity index (χ2v) is 5.34. The van der Waals surface area contributed by atoms with Crippen LogP contribution in [0.25, 0.3) is 0 Å². The van der Waals surface area contributed by atoms with Crippen LogP contribution in [0.2, 0.25) is 0 Å². The molecular formula is C12H13ClF3NO. The summed E-state index contributed by atoms with van der Waals surface area (Å²) in [6.07, 6.45) is 0. The van der Waals surface area contributed by atoms with Crippen LogP contribution < -0.4 is 5.32 Å². The van der Waals surface area contributed by atoms with Crippen LogP contribution in [0.1, 0.15) is 31.7 Å². The molecule has 100 valence electrons. The van der Waals surface area contributed by atoms with Crippen molar-refractivity contribution in [3.63, 3.8) is 0 Å². The van der Waals surface area contributed by atoms with E-state index in [-0.39, 0.29) is 5.56 Å². The number of halogens is 4. The van der Waals surface area contributed by atoms with Gasteiger partial charge in [0, 0.05) is 5.54 Å².